The molecule has 0 saturated carbocycles. The largest absolute Gasteiger partial charge is 0.330 e. The van der Waals surface area contributed by atoms with E-state index in [0.29, 0.717) is 0 Å². The van der Waals surface area contributed by atoms with Crippen molar-refractivity contribution >= 4 is 35.1 Å². The summed E-state index contributed by atoms with van der Waals surface area (Å²) < 4.78 is 71.4. The zero-order valence-corrected chi connectivity index (χ0v) is 17.1. The van der Waals surface area contributed by atoms with Gasteiger partial charge in [0.15, 0.2) is 0 Å². The Labute approximate surface area is 194 Å². The summed E-state index contributed by atoms with van der Waals surface area (Å²) in [6.07, 6.45) is -4.40. The second kappa shape index (κ2) is 8.43. The molecule has 1 fully saturated rings. The van der Waals surface area contributed by atoms with Gasteiger partial charge in [0.25, 0.3) is 5.91 Å². The molecule has 2 aromatic rings. The quantitative estimate of drug-likeness (QED) is 0.663. The van der Waals surface area contributed by atoms with Crippen LogP contribution in [0.2, 0.25) is 5.02 Å². The van der Waals surface area contributed by atoms with Crippen LogP contribution in [-0.2, 0) is 33.2 Å². The molecule has 0 bridgehead atoms. The molecule has 32 heavy (non-hydrogen) atoms. The molecule has 9 heteroatoms. The number of halogens is 3. The van der Waals surface area contributed by atoms with Crippen molar-refractivity contribution in [1.29, 1.82) is 0 Å². The number of carbonyl (C=O) groups is 4. The zero-order valence-electron chi connectivity index (χ0n) is 21.4. The van der Waals surface area contributed by atoms with E-state index < -0.39 is 83.6 Å². The highest BCUT2D eigenvalue weighted by molar-refractivity contribution is 6.30. The number of amides is 3. The van der Waals surface area contributed by atoms with Crippen LogP contribution in [0.3, 0.4) is 0 Å². The molecule has 0 spiro atoms. The average molecular weight is 466 g/mol. The fourth-order valence-corrected chi connectivity index (χ4v) is 3.57. The van der Waals surface area contributed by atoms with Crippen molar-refractivity contribution in [2.75, 3.05) is 0 Å². The van der Waals surface area contributed by atoms with E-state index in [1.54, 1.807) is 0 Å². The minimum Gasteiger partial charge on any atom is -0.322 e. The van der Waals surface area contributed by atoms with Crippen LogP contribution in [0.25, 0.3) is 0 Å². The first-order chi connectivity index (χ1) is 17.2. The molecule has 0 aliphatic carbocycles. The molecule has 1 N–H and O–H groups in total. The lowest BCUT2D eigenvalue weighted by Crippen LogP contribution is -2.52. The monoisotopic (exact) mass is 465 g/mol. The number of aryl methyl sites for hydroxylation is 1. The number of nitrogens with zero attached hydrogens (tertiary/aromatic N) is 1. The number of ketones is 1. The number of hydrogen-bond acceptors (Lipinski definition) is 4. The number of Topliss-reactive ketones (excluding diaryl/α,β-unsaturated/α-hetero) is 1. The molecule has 2 aliphatic heterocycles. The Morgan fingerprint density at radius 1 is 1.28 bits per heavy atom. The Kier molecular flexibility index (Phi) is 4.34. The van der Waals surface area contributed by atoms with Crippen LogP contribution < -0.4 is 5.32 Å². The van der Waals surface area contributed by atoms with Gasteiger partial charge in [0.1, 0.15) is 6.04 Å². The van der Waals surface area contributed by atoms with Gasteiger partial charge in [0, 0.05) is 38.3 Å². The fraction of sp³-hybridized carbons (Fsp3) is 0.304. The predicted molar refractivity (Wildman–Crippen MR) is 111 cm³/mol. The Morgan fingerprint density at radius 2 is 2.00 bits per heavy atom. The summed E-state index contributed by atoms with van der Waals surface area (Å²) in [4.78, 5) is 50.1. The highest BCUT2D eigenvalue weighted by atomic mass is 35.5. The molecule has 0 radical (unpaired) electrons. The van der Waals surface area contributed by atoms with E-state index in [1.165, 1.54) is 0 Å². The molecular formula is C23H19ClF2N2O4. The predicted octanol–water partition coefficient (Wildman–Crippen LogP) is 3.39. The van der Waals surface area contributed by atoms with Crippen molar-refractivity contribution in [3.63, 3.8) is 0 Å². The molecule has 6 nitrogen and oxygen atoms in total. The molecule has 2 atom stereocenters. The Balaban J connectivity index is 1.67. The number of hydrogen-bond donors (Lipinski definition) is 1. The summed E-state index contributed by atoms with van der Waals surface area (Å²) in [5.74, 6) is -8.14. The summed E-state index contributed by atoms with van der Waals surface area (Å²) >= 11 is 5.69. The smallest absolute Gasteiger partial charge is 0.322 e. The van der Waals surface area contributed by atoms with E-state index in [0.717, 1.165) is 35.2 Å². The SMILES string of the molecule is [2H]c1cc(C([2H])([2H])CC(=O)C(F)(F)c2ccc(Cl)cc2)c([2H])c2c1C(=O)N(C1CCC(=O)NC1=O)C2[2H]. The standard InChI is InChI=1S/C23H19ClF2N2O4/c24-16-5-3-15(4-6-16)23(25,26)19(29)9-2-13-1-7-17-14(11-13)12-28(22(17)32)18-8-10-20(30)27-21(18)31/h1,3-7,11,18H,2,8-10,12H2,(H,27,30,31)/i2D2,7D,11D,12D. The van der Waals surface area contributed by atoms with Crippen LogP contribution in [0.5, 0.6) is 0 Å². The maximum absolute atomic E-state index is 14.8. The zero-order chi connectivity index (χ0) is 27.4. The lowest BCUT2D eigenvalue weighted by atomic mass is 9.97. The highest BCUT2D eigenvalue weighted by Crippen LogP contribution is 2.32. The van der Waals surface area contributed by atoms with Gasteiger partial charge in [-0.2, -0.15) is 8.78 Å². The number of rotatable bonds is 6. The van der Waals surface area contributed by atoms with Crippen molar-refractivity contribution in [2.24, 2.45) is 0 Å². The average Bonchev–Trinajstić information content (AvgIpc) is 3.07. The first-order valence-corrected chi connectivity index (χ1v) is 9.95. The van der Waals surface area contributed by atoms with Crippen molar-refractivity contribution in [2.45, 2.75) is 44.1 Å². The van der Waals surface area contributed by atoms with E-state index in [1.807, 2.05) is 0 Å². The minimum absolute atomic E-state index is 0.0809. The lowest BCUT2D eigenvalue weighted by Gasteiger charge is -2.29. The fourth-order valence-electron chi connectivity index (χ4n) is 3.45. The van der Waals surface area contributed by atoms with Crippen molar-refractivity contribution in [3.8, 4) is 0 Å². The van der Waals surface area contributed by atoms with Gasteiger partial charge in [-0.25, -0.2) is 0 Å². The van der Waals surface area contributed by atoms with Crippen LogP contribution in [0.15, 0.2) is 42.4 Å². The third-order valence-electron chi connectivity index (χ3n) is 5.16. The van der Waals surface area contributed by atoms with Crippen molar-refractivity contribution in [1.82, 2.24) is 10.2 Å². The molecule has 1 saturated heterocycles. The molecule has 2 aliphatic rings. The summed E-state index contributed by atoms with van der Waals surface area (Å²) in [6, 6.07) is 2.46. The Morgan fingerprint density at radius 3 is 2.69 bits per heavy atom. The second-order valence-corrected chi connectivity index (χ2v) is 7.72. The number of benzene rings is 2. The van der Waals surface area contributed by atoms with E-state index in [9.17, 15) is 28.0 Å². The lowest BCUT2D eigenvalue weighted by molar-refractivity contribution is -0.144. The summed E-state index contributed by atoms with van der Waals surface area (Å²) in [5, 5.41) is 2.23. The number of nitrogens with one attached hydrogen (secondary N) is 1. The summed E-state index contributed by atoms with van der Waals surface area (Å²) in [6.45, 7) is -1.69. The molecule has 4 rings (SSSR count). The van der Waals surface area contributed by atoms with Gasteiger partial charge in [-0.05, 0) is 42.1 Å². The summed E-state index contributed by atoms with van der Waals surface area (Å²) in [5.41, 5.74) is -2.09. The number of imide groups is 1. The third-order valence-corrected chi connectivity index (χ3v) is 5.41. The van der Waals surface area contributed by atoms with E-state index in [-0.39, 0.29) is 23.4 Å². The first kappa shape index (κ1) is 16.5. The van der Waals surface area contributed by atoms with Crippen LogP contribution in [0.4, 0.5) is 8.78 Å². The second-order valence-electron chi connectivity index (χ2n) is 7.28. The third kappa shape index (κ3) is 4.14. The molecule has 166 valence electrons. The number of alkyl halides is 2. The maximum Gasteiger partial charge on any atom is 0.330 e. The van der Waals surface area contributed by atoms with Crippen molar-refractivity contribution < 1.29 is 34.8 Å². The highest BCUT2D eigenvalue weighted by Gasteiger charge is 2.41. The maximum atomic E-state index is 14.8. The van der Waals surface area contributed by atoms with Gasteiger partial charge >= 0.3 is 5.92 Å². The molecule has 2 unspecified atom stereocenters. The van der Waals surface area contributed by atoms with Gasteiger partial charge in [-0.15, -0.1) is 0 Å². The van der Waals surface area contributed by atoms with Crippen molar-refractivity contribution in [3.05, 3.63) is 69.7 Å². The van der Waals surface area contributed by atoms with E-state index in [2.05, 4.69) is 5.32 Å². The number of piperidine rings is 1. The van der Waals surface area contributed by atoms with Crippen LogP contribution in [-0.4, -0.2) is 34.4 Å². The van der Waals surface area contributed by atoms with Crippen LogP contribution in [0.1, 0.15) is 53.2 Å². The van der Waals surface area contributed by atoms with Gasteiger partial charge in [-0.1, -0.05) is 35.8 Å². The molecule has 2 aromatic carbocycles. The number of fused-ring (bicyclic) bond motifs is 1. The molecule has 2 heterocycles. The summed E-state index contributed by atoms with van der Waals surface area (Å²) in [7, 11) is 0. The topological polar surface area (TPSA) is 83.6 Å². The molecule has 3 amide bonds. The number of carbonyl (C=O) groups excluding carboxylic acids is 4. The van der Waals surface area contributed by atoms with E-state index in [4.69, 9.17) is 18.5 Å². The Bertz CT molecular complexity index is 1340. The van der Waals surface area contributed by atoms with Gasteiger partial charge in [0.05, 0.1) is 4.11 Å². The van der Waals surface area contributed by atoms with Gasteiger partial charge in [0.2, 0.25) is 17.6 Å². The van der Waals surface area contributed by atoms with Gasteiger partial charge in [-0.3, -0.25) is 24.5 Å². The Hall–Kier alpha value is -3.13. The van der Waals surface area contributed by atoms with Crippen LogP contribution >= 0.6 is 11.6 Å². The molecular weight excluding hydrogens is 442 g/mol. The minimum atomic E-state index is -4.07. The van der Waals surface area contributed by atoms with Gasteiger partial charge < -0.3 is 4.90 Å². The van der Waals surface area contributed by atoms with Crippen LogP contribution in [0, 0.1) is 0 Å². The normalized spacial score (nSPS) is 23.5. The first-order valence-electron chi connectivity index (χ1n) is 12.1. The van der Waals surface area contributed by atoms with E-state index >= 15 is 0 Å². The molecule has 0 aromatic heterocycles.